The first-order valence-electron chi connectivity index (χ1n) is 8.89. The van der Waals surface area contributed by atoms with Crippen LogP contribution in [0, 0.1) is 6.92 Å². The van der Waals surface area contributed by atoms with Crippen molar-refractivity contribution in [2.24, 2.45) is 0 Å². The normalized spacial score (nSPS) is 13.1. The first-order valence-corrected chi connectivity index (χ1v) is 8.89. The Labute approximate surface area is 150 Å². The molecule has 0 aliphatic carbocycles. The average Bonchev–Trinajstić information content (AvgIpc) is 2.63. The maximum atomic E-state index is 12.7. The zero-order chi connectivity index (χ0) is 18.4. The number of rotatable bonds is 7. The van der Waals surface area contributed by atoms with Crippen LogP contribution in [-0.2, 0) is 4.79 Å². The van der Waals surface area contributed by atoms with Crippen LogP contribution in [-0.4, -0.2) is 12.0 Å². The van der Waals surface area contributed by atoms with Crippen LogP contribution < -0.4 is 15.8 Å². The van der Waals surface area contributed by atoms with E-state index in [0.717, 1.165) is 29.0 Å². The van der Waals surface area contributed by atoms with Gasteiger partial charge in [-0.1, -0.05) is 45.0 Å². The molecule has 0 saturated carbocycles. The van der Waals surface area contributed by atoms with Crippen LogP contribution >= 0.6 is 0 Å². The van der Waals surface area contributed by atoms with Crippen LogP contribution in [0.15, 0.2) is 42.5 Å². The van der Waals surface area contributed by atoms with Gasteiger partial charge in [-0.05, 0) is 55.0 Å². The Morgan fingerprint density at radius 3 is 2.52 bits per heavy atom. The van der Waals surface area contributed by atoms with E-state index in [-0.39, 0.29) is 5.91 Å². The summed E-state index contributed by atoms with van der Waals surface area (Å²) in [4.78, 5) is 12.7. The van der Waals surface area contributed by atoms with E-state index in [0.29, 0.717) is 18.0 Å². The lowest BCUT2D eigenvalue weighted by Crippen LogP contribution is -2.33. The van der Waals surface area contributed by atoms with Crippen LogP contribution in [0.3, 0.4) is 0 Å². The zero-order valence-electron chi connectivity index (χ0n) is 15.5. The maximum absolute atomic E-state index is 12.7. The van der Waals surface area contributed by atoms with Crippen LogP contribution in [0.2, 0.25) is 0 Å². The number of para-hydroxylation sites is 1. The molecule has 0 heterocycles. The highest BCUT2D eigenvalue weighted by atomic mass is 16.5. The highest BCUT2D eigenvalue weighted by Crippen LogP contribution is 2.30. The van der Waals surface area contributed by atoms with Crippen molar-refractivity contribution < 1.29 is 9.53 Å². The summed E-state index contributed by atoms with van der Waals surface area (Å²) >= 11 is 0. The number of nitrogen functional groups attached to an aromatic ring is 1. The maximum Gasteiger partial charge on any atom is 0.265 e. The zero-order valence-corrected chi connectivity index (χ0v) is 15.5. The minimum absolute atomic E-state index is 0.157. The van der Waals surface area contributed by atoms with E-state index in [9.17, 15) is 4.79 Å². The summed E-state index contributed by atoms with van der Waals surface area (Å²) in [6.45, 7) is 8.15. The molecular formula is C21H28N2O2. The fraction of sp³-hybridized carbons (Fsp3) is 0.381. The predicted octanol–water partition coefficient (Wildman–Crippen LogP) is 4.89. The number of carbonyl (C=O) groups is 1. The van der Waals surface area contributed by atoms with Gasteiger partial charge in [-0.2, -0.15) is 0 Å². The predicted molar refractivity (Wildman–Crippen MR) is 104 cm³/mol. The van der Waals surface area contributed by atoms with Gasteiger partial charge in [0.05, 0.1) is 0 Å². The van der Waals surface area contributed by atoms with Gasteiger partial charge in [-0.25, -0.2) is 0 Å². The van der Waals surface area contributed by atoms with E-state index >= 15 is 0 Å². The summed E-state index contributed by atoms with van der Waals surface area (Å²) < 4.78 is 6.08. The molecule has 25 heavy (non-hydrogen) atoms. The first kappa shape index (κ1) is 18.8. The number of nitrogens with two attached hydrogens (primary N) is 1. The largest absolute Gasteiger partial charge is 0.480 e. The van der Waals surface area contributed by atoms with Crippen molar-refractivity contribution in [2.45, 2.75) is 52.6 Å². The second kappa shape index (κ2) is 8.56. The van der Waals surface area contributed by atoms with E-state index in [1.54, 1.807) is 0 Å². The van der Waals surface area contributed by atoms with Gasteiger partial charge in [0.25, 0.3) is 5.91 Å². The molecule has 3 N–H and O–H groups in total. The Balaban J connectivity index is 2.17. The third-order valence-electron chi connectivity index (χ3n) is 4.63. The molecule has 0 radical (unpaired) electrons. The Morgan fingerprint density at radius 2 is 1.84 bits per heavy atom. The summed E-state index contributed by atoms with van der Waals surface area (Å²) in [6.07, 6.45) is 1.06. The third kappa shape index (κ3) is 4.53. The molecular weight excluding hydrogens is 312 g/mol. The second-order valence-corrected chi connectivity index (χ2v) is 6.37. The number of nitrogens with one attached hydrogen (secondary N) is 1. The van der Waals surface area contributed by atoms with Crippen molar-refractivity contribution in [3.8, 4) is 5.75 Å². The lowest BCUT2D eigenvalue weighted by Gasteiger charge is -2.22. The molecule has 0 aliphatic heterocycles. The van der Waals surface area contributed by atoms with E-state index in [1.807, 2.05) is 50.2 Å². The van der Waals surface area contributed by atoms with Gasteiger partial charge in [-0.15, -0.1) is 0 Å². The van der Waals surface area contributed by atoms with Gasteiger partial charge < -0.3 is 15.8 Å². The third-order valence-corrected chi connectivity index (χ3v) is 4.63. The van der Waals surface area contributed by atoms with Crippen LogP contribution in [0.4, 0.5) is 11.4 Å². The quantitative estimate of drug-likeness (QED) is 0.706. The standard InChI is InChI=1S/C21H28N2O2/c1-5-14(3)16-10-7-8-13-20(16)25-19(6-2)21(24)23-18-12-9-11-17(22)15(18)4/h7-14,19H,5-6,22H2,1-4H3,(H,23,24)/t14-,19+/m0/s1. The van der Waals surface area contributed by atoms with Crippen LogP contribution in [0.25, 0.3) is 0 Å². The molecule has 0 bridgehead atoms. The molecule has 0 spiro atoms. The lowest BCUT2D eigenvalue weighted by atomic mass is 9.98. The van der Waals surface area contributed by atoms with E-state index in [1.165, 1.54) is 0 Å². The Hall–Kier alpha value is -2.49. The highest BCUT2D eigenvalue weighted by Gasteiger charge is 2.21. The number of amides is 1. The minimum Gasteiger partial charge on any atom is -0.480 e. The SMILES string of the molecule is CC[C@@H](Oc1ccccc1[C@@H](C)CC)C(=O)Nc1cccc(N)c1C. The summed E-state index contributed by atoms with van der Waals surface area (Å²) in [7, 11) is 0. The highest BCUT2D eigenvalue weighted by molar-refractivity contribution is 5.95. The number of anilines is 2. The fourth-order valence-corrected chi connectivity index (χ4v) is 2.69. The van der Waals surface area contributed by atoms with Gasteiger partial charge in [0.15, 0.2) is 6.10 Å². The van der Waals surface area contributed by atoms with Gasteiger partial charge in [-0.3, -0.25) is 4.79 Å². The van der Waals surface area contributed by atoms with Gasteiger partial charge in [0.1, 0.15) is 5.75 Å². The fourth-order valence-electron chi connectivity index (χ4n) is 2.69. The number of carbonyl (C=O) groups excluding carboxylic acids is 1. The molecule has 1 amide bonds. The van der Waals surface area contributed by atoms with Crippen molar-refractivity contribution in [2.75, 3.05) is 11.1 Å². The summed E-state index contributed by atoms with van der Waals surface area (Å²) in [5, 5.41) is 2.94. The van der Waals surface area contributed by atoms with Crippen molar-refractivity contribution in [1.29, 1.82) is 0 Å². The van der Waals surface area contributed by atoms with Crippen molar-refractivity contribution in [1.82, 2.24) is 0 Å². The van der Waals surface area contributed by atoms with Crippen LogP contribution in [0.1, 0.15) is 50.7 Å². The average molecular weight is 340 g/mol. The molecule has 134 valence electrons. The summed E-state index contributed by atoms with van der Waals surface area (Å²) in [5.74, 6) is 1.01. The Bertz CT molecular complexity index is 728. The Kier molecular flexibility index (Phi) is 6.45. The van der Waals surface area contributed by atoms with Gasteiger partial charge in [0.2, 0.25) is 0 Å². The molecule has 4 heteroatoms. The first-order chi connectivity index (χ1) is 12.0. The number of ether oxygens (including phenoxy) is 1. The summed E-state index contributed by atoms with van der Waals surface area (Å²) in [6, 6.07) is 13.4. The van der Waals surface area contributed by atoms with Crippen LogP contribution in [0.5, 0.6) is 5.75 Å². The van der Waals surface area contributed by atoms with E-state index in [4.69, 9.17) is 10.5 Å². The number of hydrogen-bond acceptors (Lipinski definition) is 3. The molecule has 0 unspecified atom stereocenters. The minimum atomic E-state index is -0.550. The molecule has 0 fully saturated rings. The number of benzene rings is 2. The van der Waals surface area contributed by atoms with Crippen molar-refractivity contribution in [3.05, 3.63) is 53.6 Å². The molecule has 2 aromatic rings. The van der Waals surface area contributed by atoms with E-state index < -0.39 is 6.10 Å². The molecule has 2 aromatic carbocycles. The lowest BCUT2D eigenvalue weighted by molar-refractivity contribution is -0.122. The second-order valence-electron chi connectivity index (χ2n) is 6.37. The molecule has 0 aliphatic rings. The molecule has 2 atom stereocenters. The van der Waals surface area contributed by atoms with E-state index in [2.05, 4.69) is 25.2 Å². The smallest absolute Gasteiger partial charge is 0.265 e. The van der Waals surface area contributed by atoms with Crippen molar-refractivity contribution >= 4 is 17.3 Å². The van der Waals surface area contributed by atoms with Crippen molar-refractivity contribution in [3.63, 3.8) is 0 Å². The monoisotopic (exact) mass is 340 g/mol. The van der Waals surface area contributed by atoms with Gasteiger partial charge in [0, 0.05) is 11.4 Å². The molecule has 0 aromatic heterocycles. The number of hydrogen-bond donors (Lipinski definition) is 2. The molecule has 2 rings (SSSR count). The molecule has 0 saturated heterocycles. The topological polar surface area (TPSA) is 64.3 Å². The van der Waals surface area contributed by atoms with Gasteiger partial charge >= 0.3 is 0 Å². The Morgan fingerprint density at radius 1 is 1.12 bits per heavy atom. The summed E-state index contributed by atoms with van der Waals surface area (Å²) in [5.41, 5.74) is 9.30. The molecule has 4 nitrogen and oxygen atoms in total.